The standard InChI is InChI=1S/C24H23Cl2N3O5/c1-32-21-7-3-15(11-22(21)33-2)9-10-27-23(30)13-24(31)29-28-14-17-5-8-20(34-17)16-4-6-18(25)19(26)12-16/h3-8,11-12,14H,9-10,13H2,1-2H3,(H,27,30)(H,29,31)/b28-14-. The van der Waals surface area contributed by atoms with Crippen LogP contribution in [-0.4, -0.2) is 38.8 Å². The van der Waals surface area contributed by atoms with E-state index in [-0.39, 0.29) is 6.42 Å². The summed E-state index contributed by atoms with van der Waals surface area (Å²) in [6, 6.07) is 14.1. The Hall–Kier alpha value is -3.49. The van der Waals surface area contributed by atoms with Gasteiger partial charge in [0.15, 0.2) is 11.5 Å². The molecule has 1 aromatic heterocycles. The van der Waals surface area contributed by atoms with Crippen molar-refractivity contribution in [3.8, 4) is 22.8 Å². The number of nitrogens with zero attached hydrogens (tertiary/aromatic N) is 1. The molecule has 10 heteroatoms. The zero-order valence-corrected chi connectivity index (χ0v) is 20.1. The first-order chi connectivity index (χ1) is 16.4. The summed E-state index contributed by atoms with van der Waals surface area (Å²) in [7, 11) is 3.13. The summed E-state index contributed by atoms with van der Waals surface area (Å²) in [5, 5.41) is 7.40. The highest BCUT2D eigenvalue weighted by molar-refractivity contribution is 6.42. The quantitative estimate of drug-likeness (QED) is 0.241. The van der Waals surface area contributed by atoms with Crippen molar-refractivity contribution in [2.75, 3.05) is 20.8 Å². The Balaban J connectivity index is 1.42. The summed E-state index contributed by atoms with van der Waals surface area (Å²) in [6.07, 6.45) is 1.56. The van der Waals surface area contributed by atoms with E-state index in [2.05, 4.69) is 15.8 Å². The summed E-state index contributed by atoms with van der Waals surface area (Å²) < 4.78 is 16.1. The molecule has 0 atom stereocenters. The predicted molar refractivity (Wildman–Crippen MR) is 131 cm³/mol. The topological polar surface area (TPSA) is 102 Å². The third-order valence-corrected chi connectivity index (χ3v) is 5.46. The largest absolute Gasteiger partial charge is 0.493 e. The summed E-state index contributed by atoms with van der Waals surface area (Å²) >= 11 is 12.0. The van der Waals surface area contributed by atoms with Gasteiger partial charge in [-0.3, -0.25) is 9.59 Å². The van der Waals surface area contributed by atoms with Crippen LogP contribution in [0.2, 0.25) is 10.0 Å². The van der Waals surface area contributed by atoms with E-state index < -0.39 is 11.8 Å². The van der Waals surface area contributed by atoms with E-state index in [1.807, 2.05) is 12.1 Å². The monoisotopic (exact) mass is 503 g/mol. The smallest absolute Gasteiger partial charge is 0.249 e. The van der Waals surface area contributed by atoms with Gasteiger partial charge in [0.1, 0.15) is 17.9 Å². The van der Waals surface area contributed by atoms with Crippen LogP contribution in [-0.2, 0) is 16.0 Å². The zero-order valence-electron chi connectivity index (χ0n) is 18.6. The van der Waals surface area contributed by atoms with Crippen LogP contribution >= 0.6 is 23.2 Å². The lowest BCUT2D eigenvalue weighted by Crippen LogP contribution is -2.31. The number of amides is 2. The van der Waals surface area contributed by atoms with Gasteiger partial charge in [0, 0.05) is 12.1 Å². The van der Waals surface area contributed by atoms with Crippen molar-refractivity contribution in [1.82, 2.24) is 10.7 Å². The highest BCUT2D eigenvalue weighted by Gasteiger charge is 2.10. The fraction of sp³-hybridized carbons (Fsp3) is 0.208. The van der Waals surface area contributed by atoms with Crippen LogP contribution < -0.4 is 20.2 Å². The maximum absolute atomic E-state index is 12.0. The average Bonchev–Trinajstić information content (AvgIpc) is 3.29. The third-order valence-electron chi connectivity index (χ3n) is 4.72. The Morgan fingerprint density at radius 2 is 1.76 bits per heavy atom. The van der Waals surface area contributed by atoms with E-state index in [1.54, 1.807) is 50.6 Å². The van der Waals surface area contributed by atoms with E-state index in [9.17, 15) is 9.59 Å². The molecule has 2 aromatic carbocycles. The molecule has 0 aliphatic carbocycles. The number of furan rings is 1. The van der Waals surface area contributed by atoms with Gasteiger partial charge in [0.2, 0.25) is 11.8 Å². The van der Waals surface area contributed by atoms with Crippen molar-refractivity contribution in [1.29, 1.82) is 0 Å². The molecule has 0 radical (unpaired) electrons. The second kappa shape index (κ2) is 12.1. The number of benzene rings is 2. The summed E-state index contributed by atoms with van der Waals surface area (Å²) in [5.74, 6) is 1.28. The molecule has 0 unspecified atom stereocenters. The highest BCUT2D eigenvalue weighted by Crippen LogP contribution is 2.29. The van der Waals surface area contributed by atoms with E-state index in [4.69, 9.17) is 37.1 Å². The van der Waals surface area contributed by atoms with Crippen LogP contribution in [0, 0.1) is 0 Å². The average molecular weight is 504 g/mol. The number of rotatable bonds is 10. The maximum Gasteiger partial charge on any atom is 0.249 e. The number of nitrogens with one attached hydrogen (secondary N) is 2. The molecule has 0 bridgehead atoms. The summed E-state index contributed by atoms with van der Waals surface area (Å²) in [5.41, 5.74) is 4.02. The molecule has 3 aromatic rings. The molecule has 1 heterocycles. The highest BCUT2D eigenvalue weighted by atomic mass is 35.5. The molecule has 2 amide bonds. The van der Waals surface area contributed by atoms with Gasteiger partial charge >= 0.3 is 0 Å². The Bertz CT molecular complexity index is 1190. The molecule has 0 saturated carbocycles. The summed E-state index contributed by atoms with van der Waals surface area (Å²) in [4.78, 5) is 24.0. The van der Waals surface area contributed by atoms with Crippen molar-refractivity contribution in [3.63, 3.8) is 0 Å². The molecule has 0 aliphatic heterocycles. The fourth-order valence-electron chi connectivity index (χ4n) is 3.02. The molecule has 34 heavy (non-hydrogen) atoms. The molecule has 8 nitrogen and oxygen atoms in total. The number of halogens is 2. The number of carbonyl (C=O) groups is 2. The van der Waals surface area contributed by atoms with Crippen LogP contribution in [0.15, 0.2) is 58.0 Å². The number of ether oxygens (including phenoxy) is 2. The predicted octanol–water partition coefficient (Wildman–Crippen LogP) is 4.47. The SMILES string of the molecule is COc1ccc(CCNC(=O)CC(=O)N/N=C\c2ccc(-c3ccc(Cl)c(Cl)c3)o2)cc1OC. The second-order valence-electron chi connectivity index (χ2n) is 7.09. The normalized spacial score (nSPS) is 10.8. The van der Waals surface area contributed by atoms with Crippen LogP contribution in [0.4, 0.5) is 0 Å². The van der Waals surface area contributed by atoms with Gasteiger partial charge in [-0.1, -0.05) is 29.3 Å². The lowest BCUT2D eigenvalue weighted by atomic mass is 10.1. The molecule has 3 rings (SSSR count). The molecular weight excluding hydrogens is 481 g/mol. The Morgan fingerprint density at radius 3 is 2.50 bits per heavy atom. The molecule has 0 aliphatic rings. The minimum Gasteiger partial charge on any atom is -0.493 e. The van der Waals surface area contributed by atoms with E-state index in [0.717, 1.165) is 11.1 Å². The van der Waals surface area contributed by atoms with Gasteiger partial charge in [-0.25, -0.2) is 5.43 Å². The van der Waals surface area contributed by atoms with Crippen molar-refractivity contribution in [3.05, 3.63) is 69.9 Å². The van der Waals surface area contributed by atoms with Crippen molar-refractivity contribution in [2.45, 2.75) is 12.8 Å². The fourth-order valence-corrected chi connectivity index (χ4v) is 3.32. The van der Waals surface area contributed by atoms with Gasteiger partial charge in [-0.2, -0.15) is 5.10 Å². The van der Waals surface area contributed by atoms with Crippen molar-refractivity contribution < 1.29 is 23.5 Å². The number of hydrogen-bond acceptors (Lipinski definition) is 6. The minimum atomic E-state index is -0.545. The number of hydrogen-bond donors (Lipinski definition) is 2. The van der Waals surface area contributed by atoms with Gasteiger partial charge in [0.05, 0.1) is 30.5 Å². The van der Waals surface area contributed by atoms with Crippen LogP contribution in [0.25, 0.3) is 11.3 Å². The van der Waals surface area contributed by atoms with Crippen LogP contribution in [0.5, 0.6) is 11.5 Å². The van der Waals surface area contributed by atoms with Gasteiger partial charge in [0.25, 0.3) is 0 Å². The number of hydrazone groups is 1. The van der Waals surface area contributed by atoms with Gasteiger partial charge in [-0.15, -0.1) is 0 Å². The first-order valence-electron chi connectivity index (χ1n) is 10.2. The van der Waals surface area contributed by atoms with Gasteiger partial charge in [-0.05, 0) is 54.4 Å². The lowest BCUT2D eigenvalue weighted by Gasteiger charge is -2.10. The Morgan fingerprint density at radius 1 is 0.971 bits per heavy atom. The molecule has 0 spiro atoms. The third kappa shape index (κ3) is 7.00. The first-order valence-corrected chi connectivity index (χ1v) is 11.0. The van der Waals surface area contributed by atoms with E-state index in [0.29, 0.717) is 46.0 Å². The lowest BCUT2D eigenvalue weighted by molar-refractivity contribution is -0.129. The van der Waals surface area contributed by atoms with Crippen LogP contribution in [0.1, 0.15) is 17.7 Å². The minimum absolute atomic E-state index is 0.351. The molecule has 178 valence electrons. The van der Waals surface area contributed by atoms with Crippen molar-refractivity contribution >= 4 is 41.2 Å². The molecule has 2 N–H and O–H groups in total. The Kier molecular flexibility index (Phi) is 8.95. The van der Waals surface area contributed by atoms with E-state index >= 15 is 0 Å². The number of methoxy groups -OCH3 is 2. The maximum atomic E-state index is 12.0. The second-order valence-corrected chi connectivity index (χ2v) is 7.90. The Labute approximate surface area is 206 Å². The summed E-state index contributed by atoms with van der Waals surface area (Å²) in [6.45, 7) is 0.370. The molecular formula is C24H23Cl2N3O5. The first kappa shape index (κ1) is 25.1. The van der Waals surface area contributed by atoms with Crippen LogP contribution in [0.3, 0.4) is 0 Å². The number of carbonyl (C=O) groups excluding carboxylic acids is 2. The molecule has 0 saturated heterocycles. The van der Waals surface area contributed by atoms with Crippen molar-refractivity contribution in [2.24, 2.45) is 5.10 Å². The van der Waals surface area contributed by atoms with Gasteiger partial charge < -0.3 is 19.2 Å². The zero-order chi connectivity index (χ0) is 24.5. The molecule has 0 fully saturated rings. The van der Waals surface area contributed by atoms with E-state index in [1.165, 1.54) is 6.21 Å².